The second kappa shape index (κ2) is 8.42. The number of carbonyl (C=O) groups excluding carboxylic acids is 1. The number of rotatable bonds is 5. The molecule has 1 amide bonds. The molecule has 4 aromatic rings. The standard InChI is InChI=1S/C24H21FN6O2/c1-3-33-18-6-4-5-16(11-18)19-12-21(32)28-23-22(19)14(2)30-31(23)24-27-20(13-26-29-24)15-7-9-17(25)10-8-15/h4-11,13,19H,3,12H2,1-2H3,(H,28,32)/t19-/m1/s1. The molecule has 0 saturated heterocycles. The van der Waals surface area contributed by atoms with Gasteiger partial charge in [0, 0.05) is 23.5 Å². The molecule has 0 bridgehead atoms. The van der Waals surface area contributed by atoms with Crippen LogP contribution in [0.4, 0.5) is 10.2 Å². The number of benzene rings is 2. The van der Waals surface area contributed by atoms with Gasteiger partial charge in [0.1, 0.15) is 17.4 Å². The van der Waals surface area contributed by atoms with Crippen LogP contribution in [0.15, 0.2) is 54.7 Å². The maximum Gasteiger partial charge on any atom is 0.272 e. The Kier molecular flexibility index (Phi) is 5.29. The number of aryl methyl sites for hydroxylation is 1. The Morgan fingerprint density at radius 3 is 2.82 bits per heavy atom. The summed E-state index contributed by atoms with van der Waals surface area (Å²) in [6.45, 7) is 4.39. The van der Waals surface area contributed by atoms with Crippen molar-refractivity contribution in [1.29, 1.82) is 0 Å². The Hall–Kier alpha value is -4.14. The zero-order valence-corrected chi connectivity index (χ0v) is 18.1. The van der Waals surface area contributed by atoms with Gasteiger partial charge in [-0.05, 0) is 55.8 Å². The lowest BCUT2D eigenvalue weighted by Crippen LogP contribution is -2.25. The van der Waals surface area contributed by atoms with Crippen LogP contribution in [-0.2, 0) is 4.79 Å². The van der Waals surface area contributed by atoms with Gasteiger partial charge in [0.05, 0.1) is 24.2 Å². The van der Waals surface area contributed by atoms with Gasteiger partial charge < -0.3 is 10.1 Å². The van der Waals surface area contributed by atoms with E-state index < -0.39 is 0 Å². The Bertz CT molecular complexity index is 1340. The molecule has 33 heavy (non-hydrogen) atoms. The van der Waals surface area contributed by atoms with Crippen molar-refractivity contribution in [3.05, 3.63) is 77.4 Å². The first-order valence-corrected chi connectivity index (χ1v) is 10.6. The molecule has 9 heteroatoms. The van der Waals surface area contributed by atoms with Crippen molar-refractivity contribution in [2.24, 2.45) is 0 Å². The third-order valence-electron chi connectivity index (χ3n) is 5.55. The van der Waals surface area contributed by atoms with E-state index in [-0.39, 0.29) is 23.6 Å². The number of carbonyl (C=O) groups is 1. The van der Waals surface area contributed by atoms with Crippen molar-refractivity contribution < 1.29 is 13.9 Å². The number of halogens is 1. The molecule has 0 aliphatic carbocycles. The van der Waals surface area contributed by atoms with Gasteiger partial charge in [-0.2, -0.15) is 14.9 Å². The minimum Gasteiger partial charge on any atom is -0.494 e. The van der Waals surface area contributed by atoms with E-state index in [1.807, 2.05) is 38.1 Å². The van der Waals surface area contributed by atoms with Crippen LogP contribution in [0.1, 0.15) is 36.1 Å². The molecule has 3 heterocycles. The predicted octanol–water partition coefficient (Wildman–Crippen LogP) is 4.04. The van der Waals surface area contributed by atoms with E-state index in [2.05, 4.69) is 25.6 Å². The number of fused-ring (bicyclic) bond motifs is 1. The summed E-state index contributed by atoms with van der Waals surface area (Å²) in [5.41, 5.74) is 3.84. The molecule has 166 valence electrons. The van der Waals surface area contributed by atoms with E-state index in [1.165, 1.54) is 23.0 Å². The van der Waals surface area contributed by atoms with Crippen LogP contribution in [-0.4, -0.2) is 37.5 Å². The molecule has 2 aromatic carbocycles. The zero-order chi connectivity index (χ0) is 22.9. The van der Waals surface area contributed by atoms with Gasteiger partial charge in [-0.3, -0.25) is 4.79 Å². The maximum absolute atomic E-state index is 13.3. The fraction of sp³-hybridized carbons (Fsp3) is 0.208. The maximum atomic E-state index is 13.3. The van der Waals surface area contributed by atoms with E-state index in [0.717, 1.165) is 22.6 Å². The number of anilines is 1. The highest BCUT2D eigenvalue weighted by Gasteiger charge is 2.33. The first-order valence-electron chi connectivity index (χ1n) is 10.6. The summed E-state index contributed by atoms with van der Waals surface area (Å²) in [6.07, 6.45) is 1.80. The number of nitrogens with zero attached hydrogens (tertiary/aromatic N) is 5. The van der Waals surface area contributed by atoms with Crippen LogP contribution in [0.5, 0.6) is 5.75 Å². The molecular weight excluding hydrogens is 423 g/mol. The van der Waals surface area contributed by atoms with Crippen LogP contribution >= 0.6 is 0 Å². The number of hydrogen-bond donors (Lipinski definition) is 1. The second-order valence-electron chi connectivity index (χ2n) is 7.72. The number of aromatic nitrogens is 5. The highest BCUT2D eigenvalue weighted by Crippen LogP contribution is 2.40. The Balaban J connectivity index is 1.58. The average Bonchev–Trinajstić information content (AvgIpc) is 3.15. The summed E-state index contributed by atoms with van der Waals surface area (Å²) >= 11 is 0. The normalized spacial score (nSPS) is 15.1. The largest absolute Gasteiger partial charge is 0.494 e. The monoisotopic (exact) mass is 444 g/mol. The molecule has 1 aliphatic rings. The second-order valence-corrected chi connectivity index (χ2v) is 7.72. The first-order chi connectivity index (χ1) is 16.0. The Morgan fingerprint density at radius 1 is 1.21 bits per heavy atom. The third kappa shape index (κ3) is 3.93. The number of nitrogens with one attached hydrogen (secondary N) is 1. The van der Waals surface area contributed by atoms with Crippen molar-refractivity contribution >= 4 is 11.7 Å². The summed E-state index contributed by atoms with van der Waals surface area (Å²) in [5, 5.41) is 15.7. The van der Waals surface area contributed by atoms with Gasteiger partial charge >= 0.3 is 0 Å². The summed E-state index contributed by atoms with van der Waals surface area (Å²) in [5.74, 6) is 0.847. The van der Waals surface area contributed by atoms with Crippen LogP contribution < -0.4 is 10.1 Å². The summed E-state index contributed by atoms with van der Waals surface area (Å²) < 4.78 is 20.5. The molecule has 0 saturated carbocycles. The molecule has 1 aliphatic heterocycles. The van der Waals surface area contributed by atoms with E-state index >= 15 is 0 Å². The van der Waals surface area contributed by atoms with Crippen LogP contribution in [0.25, 0.3) is 17.2 Å². The molecule has 0 unspecified atom stereocenters. The fourth-order valence-corrected chi connectivity index (χ4v) is 4.11. The van der Waals surface area contributed by atoms with Crippen LogP contribution in [0.2, 0.25) is 0 Å². The summed E-state index contributed by atoms with van der Waals surface area (Å²) in [7, 11) is 0. The molecule has 1 N–H and O–H groups in total. The van der Waals surface area contributed by atoms with Gasteiger partial charge in [-0.25, -0.2) is 9.37 Å². The molecule has 8 nitrogen and oxygen atoms in total. The molecule has 0 fully saturated rings. The summed E-state index contributed by atoms with van der Waals surface area (Å²) in [4.78, 5) is 17.2. The van der Waals surface area contributed by atoms with E-state index in [1.54, 1.807) is 12.1 Å². The lowest BCUT2D eigenvalue weighted by atomic mass is 9.86. The van der Waals surface area contributed by atoms with Gasteiger partial charge in [0.15, 0.2) is 0 Å². The first kappa shape index (κ1) is 20.7. The smallest absolute Gasteiger partial charge is 0.272 e. The third-order valence-corrected chi connectivity index (χ3v) is 5.55. The van der Waals surface area contributed by atoms with Crippen LogP contribution in [0, 0.1) is 12.7 Å². The molecule has 0 radical (unpaired) electrons. The van der Waals surface area contributed by atoms with Crippen molar-refractivity contribution in [2.45, 2.75) is 26.2 Å². The predicted molar refractivity (Wildman–Crippen MR) is 120 cm³/mol. The van der Waals surface area contributed by atoms with Gasteiger partial charge in [0.2, 0.25) is 5.91 Å². The van der Waals surface area contributed by atoms with Gasteiger partial charge in [-0.15, -0.1) is 5.10 Å². The highest BCUT2D eigenvalue weighted by molar-refractivity contribution is 5.95. The zero-order valence-electron chi connectivity index (χ0n) is 18.1. The average molecular weight is 444 g/mol. The summed E-state index contributed by atoms with van der Waals surface area (Å²) in [6, 6.07) is 13.7. The van der Waals surface area contributed by atoms with Crippen molar-refractivity contribution in [3.63, 3.8) is 0 Å². The minimum absolute atomic E-state index is 0.127. The molecule has 1 atom stereocenters. The highest BCUT2D eigenvalue weighted by atomic mass is 19.1. The van der Waals surface area contributed by atoms with Crippen LogP contribution in [0.3, 0.4) is 0 Å². The SMILES string of the molecule is CCOc1cccc([C@H]2CC(=O)Nc3c2c(C)nn3-c2nncc(-c3ccc(F)cc3)n2)c1. The van der Waals surface area contributed by atoms with Crippen molar-refractivity contribution in [3.8, 4) is 23.0 Å². The Labute approximate surface area is 189 Å². The minimum atomic E-state index is -0.333. The van der Waals surface area contributed by atoms with E-state index in [0.29, 0.717) is 30.1 Å². The van der Waals surface area contributed by atoms with Gasteiger partial charge in [-0.1, -0.05) is 12.1 Å². The van der Waals surface area contributed by atoms with E-state index in [9.17, 15) is 9.18 Å². The number of hydrogen-bond acceptors (Lipinski definition) is 6. The lowest BCUT2D eigenvalue weighted by molar-refractivity contribution is -0.116. The molecule has 2 aromatic heterocycles. The number of ether oxygens (including phenoxy) is 1. The topological polar surface area (TPSA) is 94.8 Å². The lowest BCUT2D eigenvalue weighted by Gasteiger charge is -2.24. The number of amides is 1. The Morgan fingerprint density at radius 2 is 2.03 bits per heavy atom. The fourth-order valence-electron chi connectivity index (χ4n) is 4.11. The van der Waals surface area contributed by atoms with Crippen molar-refractivity contribution in [1.82, 2.24) is 25.0 Å². The van der Waals surface area contributed by atoms with E-state index in [4.69, 9.17) is 4.74 Å². The quantitative estimate of drug-likeness (QED) is 0.499. The van der Waals surface area contributed by atoms with Gasteiger partial charge in [0.25, 0.3) is 5.95 Å². The van der Waals surface area contributed by atoms with Crippen molar-refractivity contribution in [2.75, 3.05) is 11.9 Å². The molecular formula is C24H21FN6O2. The molecule has 0 spiro atoms. The molecule has 5 rings (SSSR count).